The first-order valence-electron chi connectivity index (χ1n) is 4.07. The maximum Gasteiger partial charge on any atom is 0.330 e. The highest BCUT2D eigenvalue weighted by atomic mass is 19.3. The van der Waals surface area contributed by atoms with Crippen LogP contribution in [0.25, 0.3) is 0 Å². The number of hydrogen-bond acceptors (Lipinski definition) is 2. The Labute approximate surface area is 90.5 Å². The van der Waals surface area contributed by atoms with E-state index in [0.29, 0.717) is 0 Å². The standard InChI is InChI=1S/C7H8F8O2/c8-4(9)6(12,13)1-16-3-17-2-7(14,15)5(10)11/h4-5H,1-3H2. The zero-order chi connectivity index (χ0) is 13.7. The van der Waals surface area contributed by atoms with Crippen molar-refractivity contribution in [2.75, 3.05) is 20.0 Å². The molecule has 0 unspecified atom stereocenters. The summed E-state index contributed by atoms with van der Waals surface area (Å²) < 4.78 is 102. The summed E-state index contributed by atoms with van der Waals surface area (Å²) in [4.78, 5) is 0. The van der Waals surface area contributed by atoms with Crippen LogP contribution in [0.1, 0.15) is 0 Å². The third kappa shape index (κ3) is 6.01. The monoisotopic (exact) mass is 276 g/mol. The predicted octanol–water partition coefficient (Wildman–Crippen LogP) is 2.78. The lowest BCUT2D eigenvalue weighted by atomic mass is 10.4. The molecule has 0 fully saturated rings. The van der Waals surface area contributed by atoms with Crippen LogP contribution in [0.3, 0.4) is 0 Å². The number of ether oxygens (including phenoxy) is 2. The molecule has 0 amide bonds. The summed E-state index contributed by atoms with van der Waals surface area (Å²) in [6, 6.07) is 0. The molecular formula is C7H8F8O2. The van der Waals surface area contributed by atoms with E-state index in [1.807, 2.05) is 0 Å². The Morgan fingerprint density at radius 1 is 0.706 bits per heavy atom. The number of hydrogen-bond donors (Lipinski definition) is 0. The van der Waals surface area contributed by atoms with Crippen molar-refractivity contribution in [3.8, 4) is 0 Å². The lowest BCUT2D eigenvalue weighted by Gasteiger charge is -2.17. The van der Waals surface area contributed by atoms with Crippen LogP contribution >= 0.6 is 0 Å². The third-order valence-electron chi connectivity index (χ3n) is 1.39. The van der Waals surface area contributed by atoms with E-state index in [9.17, 15) is 35.1 Å². The number of alkyl halides is 8. The smallest absolute Gasteiger partial charge is 0.330 e. The molecular weight excluding hydrogens is 268 g/mol. The molecule has 0 radical (unpaired) electrons. The molecule has 0 heterocycles. The molecule has 0 aromatic heterocycles. The Morgan fingerprint density at radius 2 is 1.00 bits per heavy atom. The molecule has 0 N–H and O–H groups in total. The predicted molar refractivity (Wildman–Crippen MR) is 38.7 cm³/mol. The molecule has 0 aliphatic carbocycles. The summed E-state index contributed by atoms with van der Waals surface area (Å²) in [5.41, 5.74) is 0. The van der Waals surface area contributed by atoms with Crippen molar-refractivity contribution in [3.05, 3.63) is 0 Å². The minimum atomic E-state index is -4.45. The van der Waals surface area contributed by atoms with E-state index >= 15 is 0 Å². The first-order chi connectivity index (χ1) is 7.59. The SMILES string of the molecule is FC(F)C(F)(F)COCOCC(F)(F)C(F)F. The van der Waals surface area contributed by atoms with Crippen molar-refractivity contribution in [2.45, 2.75) is 24.7 Å². The number of halogens is 8. The average molecular weight is 276 g/mol. The molecule has 0 saturated heterocycles. The van der Waals surface area contributed by atoms with Crippen LogP contribution in [0.4, 0.5) is 35.1 Å². The second-order valence-electron chi connectivity index (χ2n) is 2.94. The maximum atomic E-state index is 12.1. The van der Waals surface area contributed by atoms with Crippen molar-refractivity contribution in [3.63, 3.8) is 0 Å². The summed E-state index contributed by atoms with van der Waals surface area (Å²) in [6.07, 6.45) is -7.96. The van der Waals surface area contributed by atoms with Crippen molar-refractivity contribution in [2.24, 2.45) is 0 Å². The van der Waals surface area contributed by atoms with Gasteiger partial charge in [-0.2, -0.15) is 17.6 Å². The van der Waals surface area contributed by atoms with Crippen LogP contribution in [0, 0.1) is 0 Å². The highest BCUT2D eigenvalue weighted by molar-refractivity contribution is 4.68. The van der Waals surface area contributed by atoms with Crippen LogP contribution in [0.5, 0.6) is 0 Å². The molecule has 104 valence electrons. The fourth-order valence-corrected chi connectivity index (χ4v) is 0.540. The fraction of sp³-hybridized carbons (Fsp3) is 1.00. The second kappa shape index (κ2) is 6.34. The minimum Gasteiger partial charge on any atom is -0.349 e. The molecule has 0 bridgehead atoms. The molecule has 10 heteroatoms. The van der Waals surface area contributed by atoms with E-state index in [-0.39, 0.29) is 0 Å². The summed E-state index contributed by atoms with van der Waals surface area (Å²) in [5.74, 6) is -8.90. The molecule has 0 aliphatic rings. The second-order valence-corrected chi connectivity index (χ2v) is 2.94. The van der Waals surface area contributed by atoms with Crippen LogP contribution < -0.4 is 0 Å². The molecule has 0 rings (SSSR count). The Bertz CT molecular complexity index is 198. The van der Waals surface area contributed by atoms with Crippen LogP contribution in [0.15, 0.2) is 0 Å². The maximum absolute atomic E-state index is 12.1. The van der Waals surface area contributed by atoms with Crippen LogP contribution in [0.2, 0.25) is 0 Å². The van der Waals surface area contributed by atoms with E-state index in [1.54, 1.807) is 0 Å². The van der Waals surface area contributed by atoms with E-state index in [2.05, 4.69) is 9.47 Å². The van der Waals surface area contributed by atoms with Gasteiger partial charge in [0.15, 0.2) is 0 Å². The van der Waals surface area contributed by atoms with Gasteiger partial charge in [-0.1, -0.05) is 0 Å². The Kier molecular flexibility index (Phi) is 6.10. The van der Waals surface area contributed by atoms with Gasteiger partial charge in [-0.3, -0.25) is 0 Å². The third-order valence-corrected chi connectivity index (χ3v) is 1.39. The molecule has 0 aromatic carbocycles. The summed E-state index contributed by atoms with van der Waals surface area (Å²) in [5, 5.41) is 0. The Morgan fingerprint density at radius 3 is 1.24 bits per heavy atom. The number of rotatable bonds is 8. The quantitative estimate of drug-likeness (QED) is 0.385. The van der Waals surface area contributed by atoms with Crippen molar-refractivity contribution >= 4 is 0 Å². The van der Waals surface area contributed by atoms with Gasteiger partial charge in [-0.15, -0.1) is 0 Å². The lowest BCUT2D eigenvalue weighted by molar-refractivity contribution is -0.213. The minimum absolute atomic E-state index is 1.22. The average Bonchev–Trinajstić information content (AvgIpc) is 2.16. The summed E-state index contributed by atoms with van der Waals surface area (Å²) in [7, 11) is 0. The molecule has 0 aromatic rings. The molecule has 0 saturated carbocycles. The van der Waals surface area contributed by atoms with Gasteiger partial charge in [-0.25, -0.2) is 17.6 Å². The normalized spacial score (nSPS) is 13.8. The molecule has 0 atom stereocenters. The Hall–Kier alpha value is -0.640. The van der Waals surface area contributed by atoms with E-state index < -0.39 is 44.7 Å². The van der Waals surface area contributed by atoms with E-state index in [0.717, 1.165) is 0 Å². The van der Waals surface area contributed by atoms with Gasteiger partial charge >= 0.3 is 24.7 Å². The largest absolute Gasteiger partial charge is 0.349 e. The van der Waals surface area contributed by atoms with E-state index in [1.165, 1.54) is 0 Å². The fourth-order valence-electron chi connectivity index (χ4n) is 0.540. The summed E-state index contributed by atoms with van der Waals surface area (Å²) in [6.45, 7) is -4.74. The summed E-state index contributed by atoms with van der Waals surface area (Å²) >= 11 is 0. The topological polar surface area (TPSA) is 18.5 Å². The van der Waals surface area contributed by atoms with Gasteiger partial charge < -0.3 is 9.47 Å². The van der Waals surface area contributed by atoms with Gasteiger partial charge in [0.25, 0.3) is 0 Å². The molecule has 2 nitrogen and oxygen atoms in total. The van der Waals surface area contributed by atoms with Gasteiger partial charge in [0.05, 0.1) is 0 Å². The lowest BCUT2D eigenvalue weighted by Crippen LogP contribution is -2.35. The van der Waals surface area contributed by atoms with Crippen molar-refractivity contribution in [1.82, 2.24) is 0 Å². The van der Waals surface area contributed by atoms with Crippen LogP contribution in [-0.2, 0) is 9.47 Å². The van der Waals surface area contributed by atoms with Gasteiger partial charge in [-0.05, 0) is 0 Å². The first-order valence-corrected chi connectivity index (χ1v) is 4.07. The molecule has 0 aliphatic heterocycles. The Balaban J connectivity index is 3.74. The van der Waals surface area contributed by atoms with E-state index in [4.69, 9.17) is 0 Å². The highest BCUT2D eigenvalue weighted by Gasteiger charge is 2.42. The van der Waals surface area contributed by atoms with Gasteiger partial charge in [0.1, 0.15) is 20.0 Å². The van der Waals surface area contributed by atoms with Crippen LogP contribution in [-0.4, -0.2) is 44.7 Å². The zero-order valence-electron chi connectivity index (χ0n) is 8.12. The van der Waals surface area contributed by atoms with Crippen molar-refractivity contribution in [1.29, 1.82) is 0 Å². The zero-order valence-corrected chi connectivity index (χ0v) is 8.12. The van der Waals surface area contributed by atoms with Gasteiger partial charge in [0.2, 0.25) is 0 Å². The molecule has 17 heavy (non-hydrogen) atoms. The first kappa shape index (κ1) is 16.4. The molecule has 0 spiro atoms. The van der Waals surface area contributed by atoms with Crippen molar-refractivity contribution < 1.29 is 44.6 Å². The highest BCUT2D eigenvalue weighted by Crippen LogP contribution is 2.24. The van der Waals surface area contributed by atoms with Gasteiger partial charge in [0, 0.05) is 0 Å².